The molecule has 1 heteroatoms. The van der Waals surface area contributed by atoms with Crippen LogP contribution in [0, 0.1) is 0 Å². The molecule has 2 aromatic carbocycles. The lowest BCUT2D eigenvalue weighted by molar-refractivity contribution is -0.496. The summed E-state index contributed by atoms with van der Waals surface area (Å²) in [5, 5.41) is 0. The van der Waals surface area contributed by atoms with E-state index in [0.717, 1.165) is 22.5 Å². The number of benzene rings is 2. The molecule has 0 unspecified atom stereocenters. The minimum absolute atomic E-state index is 0.129. The monoisotopic (exact) mass is 273 g/mol. The normalized spacial score (nSPS) is 15.9. The van der Waals surface area contributed by atoms with E-state index in [0.29, 0.717) is 0 Å². The van der Waals surface area contributed by atoms with Gasteiger partial charge in [-0.15, -0.1) is 0 Å². The largest absolute Gasteiger partial charge is 0.351 e. The molecule has 0 aromatic heterocycles. The van der Waals surface area contributed by atoms with Gasteiger partial charge in [-0.3, -0.25) is 0 Å². The minimum Gasteiger partial charge on any atom is -0.241 e. The van der Waals surface area contributed by atoms with Crippen LogP contribution < -0.4 is 0 Å². The maximum absolute atomic E-state index is 6.25. The van der Waals surface area contributed by atoms with Gasteiger partial charge < -0.3 is 0 Å². The third-order valence-electron chi connectivity index (χ3n) is 3.42. The summed E-state index contributed by atoms with van der Waals surface area (Å²) in [5.74, 6) is 0.815. The van der Waals surface area contributed by atoms with Crippen LogP contribution in [0.2, 0.25) is 0 Å². The molecule has 2 aromatic rings. The summed E-state index contributed by atoms with van der Waals surface area (Å²) < 4.78 is 6.25. The van der Waals surface area contributed by atoms with E-state index >= 15 is 0 Å². The Morgan fingerprint density at radius 2 is 1.24 bits per heavy atom. The van der Waals surface area contributed by atoms with E-state index < -0.39 is 0 Å². The van der Waals surface area contributed by atoms with Gasteiger partial charge in [0, 0.05) is 6.08 Å². The molecule has 0 amide bonds. The highest BCUT2D eigenvalue weighted by Gasteiger charge is 2.26. The smallest absolute Gasteiger partial charge is 0.241 e. The lowest BCUT2D eigenvalue weighted by Crippen LogP contribution is -2.09. The van der Waals surface area contributed by atoms with Crippen LogP contribution in [0.5, 0.6) is 0 Å². The molecule has 0 spiro atoms. The molecule has 0 heterocycles. The first-order chi connectivity index (χ1) is 10.3. The fourth-order valence-electron chi connectivity index (χ4n) is 2.33. The summed E-state index contributed by atoms with van der Waals surface area (Å²) in [5.41, 5.74) is 3.16. The molecule has 1 aliphatic rings. The van der Waals surface area contributed by atoms with E-state index in [1.807, 2.05) is 60.7 Å². The number of allylic oxidation sites excluding steroid dienone is 5. The van der Waals surface area contributed by atoms with E-state index in [1.54, 1.807) is 0 Å². The Balaban J connectivity index is 2.05. The zero-order valence-electron chi connectivity index (χ0n) is 11.8. The molecule has 102 valence electrons. The van der Waals surface area contributed by atoms with Crippen molar-refractivity contribution in [2.75, 3.05) is 0 Å². The van der Waals surface area contributed by atoms with Crippen molar-refractivity contribution in [1.82, 2.24) is 0 Å². The van der Waals surface area contributed by atoms with Gasteiger partial charge in [-0.25, -0.2) is 4.42 Å². The van der Waals surface area contributed by atoms with Gasteiger partial charge in [-0.2, -0.15) is 0 Å². The molecule has 0 atom stereocenters. The highest BCUT2D eigenvalue weighted by molar-refractivity contribution is 6.07. The molecule has 0 saturated carbocycles. The number of hydrogen-bond acceptors (Lipinski definition) is 0. The van der Waals surface area contributed by atoms with E-state index in [-0.39, 0.29) is 6.10 Å². The van der Waals surface area contributed by atoms with E-state index in [4.69, 9.17) is 4.42 Å². The fraction of sp³-hybridized carbons (Fsp3) is 0.0500. The Morgan fingerprint density at radius 1 is 0.714 bits per heavy atom. The molecule has 0 radical (unpaired) electrons. The van der Waals surface area contributed by atoms with Crippen molar-refractivity contribution in [3.8, 4) is 0 Å². The van der Waals surface area contributed by atoms with E-state index in [9.17, 15) is 0 Å². The standard InChI is InChI=1S/C20H17O/c1-16-10-8-9-15-19(16)21-20(17-11-4-2-5-12-17)18-13-6-3-7-14-18/h2-15,20H,1H2/q+1. The van der Waals surface area contributed by atoms with E-state index in [1.165, 1.54) is 0 Å². The lowest BCUT2D eigenvalue weighted by atomic mass is 10.0. The summed E-state index contributed by atoms with van der Waals surface area (Å²) in [6.45, 7) is 4.04. The van der Waals surface area contributed by atoms with Crippen molar-refractivity contribution in [3.63, 3.8) is 0 Å². The average Bonchev–Trinajstić information content (AvgIpc) is 2.56. The van der Waals surface area contributed by atoms with Gasteiger partial charge in [0.1, 0.15) is 0 Å². The molecule has 3 rings (SSSR count). The lowest BCUT2D eigenvalue weighted by Gasteiger charge is -2.06. The maximum atomic E-state index is 6.25. The Morgan fingerprint density at radius 3 is 1.76 bits per heavy atom. The Hall–Kier alpha value is -2.67. The SMILES string of the molecule is C=C1C=CC=CC1=[O+]C(c1ccccc1)c1ccccc1. The second-order valence-electron chi connectivity index (χ2n) is 4.93. The number of rotatable bonds is 3. The van der Waals surface area contributed by atoms with Crippen molar-refractivity contribution < 1.29 is 4.42 Å². The van der Waals surface area contributed by atoms with Crippen molar-refractivity contribution in [2.24, 2.45) is 0 Å². The first kappa shape index (κ1) is 13.3. The van der Waals surface area contributed by atoms with Gasteiger partial charge in [0.05, 0.1) is 16.7 Å². The quantitative estimate of drug-likeness (QED) is 0.573. The summed E-state index contributed by atoms with van der Waals surface area (Å²) in [4.78, 5) is 0. The maximum Gasteiger partial charge on any atom is 0.351 e. The third kappa shape index (κ3) is 3.09. The molecular formula is C20H17O+. The van der Waals surface area contributed by atoms with Crippen LogP contribution in [0.1, 0.15) is 17.2 Å². The first-order valence-corrected chi connectivity index (χ1v) is 7.02. The Kier molecular flexibility index (Phi) is 3.92. The third-order valence-corrected chi connectivity index (χ3v) is 3.42. The Labute approximate surface area is 125 Å². The molecular weight excluding hydrogens is 256 g/mol. The highest BCUT2D eigenvalue weighted by Crippen LogP contribution is 2.24. The number of ketones is 1. The zero-order chi connectivity index (χ0) is 14.5. The number of hydrogen-bond donors (Lipinski definition) is 0. The van der Waals surface area contributed by atoms with Crippen molar-refractivity contribution in [2.45, 2.75) is 6.10 Å². The molecule has 1 aliphatic carbocycles. The molecule has 21 heavy (non-hydrogen) atoms. The van der Waals surface area contributed by atoms with Gasteiger partial charge in [0.15, 0.2) is 0 Å². The zero-order valence-corrected chi connectivity index (χ0v) is 11.8. The van der Waals surface area contributed by atoms with Crippen LogP contribution >= 0.6 is 0 Å². The molecule has 0 saturated heterocycles. The van der Waals surface area contributed by atoms with Crippen LogP contribution in [-0.2, 0) is 4.42 Å². The van der Waals surface area contributed by atoms with Crippen LogP contribution in [0.15, 0.2) is 97.1 Å². The van der Waals surface area contributed by atoms with Gasteiger partial charge in [0.2, 0.25) is 0 Å². The molecule has 0 fully saturated rings. The van der Waals surface area contributed by atoms with Crippen LogP contribution in [0.25, 0.3) is 0 Å². The van der Waals surface area contributed by atoms with Crippen molar-refractivity contribution in [3.05, 3.63) is 108 Å². The van der Waals surface area contributed by atoms with Crippen LogP contribution in [0.3, 0.4) is 0 Å². The summed E-state index contributed by atoms with van der Waals surface area (Å²) in [6.07, 6.45) is 7.73. The predicted octanol–water partition coefficient (Wildman–Crippen LogP) is 4.56. The molecule has 0 N–H and O–H groups in total. The first-order valence-electron chi connectivity index (χ1n) is 7.02. The molecule has 0 aliphatic heterocycles. The van der Waals surface area contributed by atoms with Gasteiger partial charge >= 0.3 is 11.9 Å². The van der Waals surface area contributed by atoms with Crippen LogP contribution in [0.4, 0.5) is 0 Å². The summed E-state index contributed by atoms with van der Waals surface area (Å²) >= 11 is 0. The van der Waals surface area contributed by atoms with Gasteiger partial charge in [0.25, 0.3) is 0 Å². The molecule has 1 nitrogen and oxygen atoms in total. The minimum atomic E-state index is -0.129. The fourth-order valence-corrected chi connectivity index (χ4v) is 2.33. The second-order valence-corrected chi connectivity index (χ2v) is 4.93. The number of carbonyl (C=O) groups excluding carboxylic acids is 1. The van der Waals surface area contributed by atoms with Crippen LogP contribution in [-0.4, -0.2) is 5.78 Å². The molecule has 0 bridgehead atoms. The van der Waals surface area contributed by atoms with Gasteiger partial charge in [-0.1, -0.05) is 55.1 Å². The summed E-state index contributed by atoms with van der Waals surface area (Å²) in [6, 6.07) is 20.5. The Bertz CT molecular complexity index is 667. The highest BCUT2D eigenvalue weighted by atomic mass is 16.4. The van der Waals surface area contributed by atoms with E-state index in [2.05, 4.69) is 30.8 Å². The summed E-state index contributed by atoms with van der Waals surface area (Å²) in [7, 11) is 0. The predicted molar refractivity (Wildman–Crippen MR) is 87.2 cm³/mol. The average molecular weight is 273 g/mol. The second kappa shape index (κ2) is 6.19. The van der Waals surface area contributed by atoms with Crippen molar-refractivity contribution in [1.29, 1.82) is 0 Å². The van der Waals surface area contributed by atoms with Gasteiger partial charge in [-0.05, 0) is 30.3 Å². The topological polar surface area (TPSA) is 11.3 Å². The van der Waals surface area contributed by atoms with Crippen molar-refractivity contribution >= 4 is 5.78 Å².